The van der Waals surface area contributed by atoms with Gasteiger partial charge in [-0.05, 0) is 51.0 Å². The molecule has 3 saturated heterocycles. The molecule has 5 rings (SSSR count). The molecule has 0 amide bonds. The summed E-state index contributed by atoms with van der Waals surface area (Å²) < 4.78 is 18.0. The van der Waals surface area contributed by atoms with Gasteiger partial charge >= 0.3 is 0 Å². The second-order valence-electron chi connectivity index (χ2n) is 7.33. The largest absolute Gasteiger partial charge is 0.390 e. The highest BCUT2D eigenvalue weighted by molar-refractivity contribution is 5.19. The Morgan fingerprint density at radius 1 is 1.30 bits per heavy atom. The van der Waals surface area contributed by atoms with Gasteiger partial charge in [0.15, 0.2) is 6.29 Å². The van der Waals surface area contributed by atoms with Crippen molar-refractivity contribution < 1.29 is 19.3 Å². The third-order valence-corrected chi connectivity index (χ3v) is 5.75. The fourth-order valence-corrected chi connectivity index (χ4v) is 4.07. The van der Waals surface area contributed by atoms with E-state index in [-0.39, 0.29) is 23.9 Å². The van der Waals surface area contributed by atoms with Crippen LogP contribution < -0.4 is 0 Å². The predicted molar refractivity (Wildman–Crippen MR) is 82.6 cm³/mol. The van der Waals surface area contributed by atoms with Crippen LogP contribution in [0.25, 0.3) is 0 Å². The van der Waals surface area contributed by atoms with Crippen molar-refractivity contribution >= 4 is 0 Å². The van der Waals surface area contributed by atoms with Gasteiger partial charge in [0, 0.05) is 12.0 Å². The number of hydrogen-bond donors (Lipinski definition) is 2. The lowest BCUT2D eigenvalue weighted by Crippen LogP contribution is -2.51. The van der Waals surface area contributed by atoms with Crippen molar-refractivity contribution in [2.45, 2.75) is 63.4 Å². The number of nitrogens with zero attached hydrogens (tertiary/aromatic N) is 1. The number of aliphatic hydroxyl groups excluding tert-OH is 1. The van der Waals surface area contributed by atoms with Crippen LogP contribution in [0.1, 0.15) is 56.3 Å². The first kappa shape index (κ1) is 15.6. The molecular weight excluding hydrogens is 296 g/mol. The molecule has 23 heavy (non-hydrogen) atoms. The zero-order chi connectivity index (χ0) is 15.8. The highest BCUT2D eigenvalue weighted by Crippen LogP contribution is 2.53. The van der Waals surface area contributed by atoms with Crippen molar-refractivity contribution in [3.8, 4) is 0 Å². The average molecular weight is 322 g/mol. The third kappa shape index (κ3) is 2.93. The number of fused-ring (bicyclic) bond motifs is 3. The van der Waals surface area contributed by atoms with Crippen LogP contribution in [0, 0.1) is 5.41 Å². The Morgan fingerprint density at radius 3 is 2.78 bits per heavy atom. The topological polar surface area (TPSA) is 76.6 Å². The van der Waals surface area contributed by atoms with Gasteiger partial charge < -0.3 is 19.3 Å². The predicted octanol–water partition coefficient (Wildman–Crippen LogP) is 2.23. The van der Waals surface area contributed by atoms with Crippen molar-refractivity contribution in [3.63, 3.8) is 0 Å². The molecule has 2 N–H and O–H groups in total. The van der Waals surface area contributed by atoms with Gasteiger partial charge in [0.05, 0.1) is 31.2 Å². The maximum Gasteiger partial charge on any atom is 0.157 e. The minimum atomic E-state index is -0.271. The molecule has 6 heteroatoms. The van der Waals surface area contributed by atoms with Crippen LogP contribution in [0.4, 0.5) is 0 Å². The molecule has 3 aliphatic heterocycles. The van der Waals surface area contributed by atoms with Crippen molar-refractivity contribution in [1.82, 2.24) is 10.2 Å². The van der Waals surface area contributed by atoms with E-state index in [4.69, 9.17) is 14.2 Å². The Labute approximate surface area is 136 Å². The van der Waals surface area contributed by atoms with Crippen LogP contribution in [-0.4, -0.2) is 41.4 Å². The summed E-state index contributed by atoms with van der Waals surface area (Å²) in [6.07, 6.45) is 7.47. The normalized spacial score (nSPS) is 37.2. The summed E-state index contributed by atoms with van der Waals surface area (Å²) in [4.78, 5) is 0. The standard InChI is InChI=1S/C17H26N2O4/c20-10-13-9-14(19-18-13)17-6-4-16(5-7-17,12-23-17)11-22-15-3-1-2-8-21-15/h9,15,20H,1-8,10-12H2,(H,18,19). The molecule has 1 atom stereocenters. The van der Waals surface area contributed by atoms with Crippen LogP contribution in [-0.2, 0) is 26.4 Å². The molecule has 128 valence electrons. The van der Waals surface area contributed by atoms with Crippen LogP contribution in [0.15, 0.2) is 6.07 Å². The molecule has 1 aromatic heterocycles. The fraction of sp³-hybridized carbons (Fsp3) is 0.824. The number of aromatic amines is 1. The molecule has 0 radical (unpaired) electrons. The number of nitrogens with one attached hydrogen (secondary N) is 1. The van der Waals surface area contributed by atoms with E-state index in [1.807, 2.05) is 6.07 Å². The first-order valence-corrected chi connectivity index (χ1v) is 8.77. The SMILES string of the molecule is OCc1cc(C23CCC(COC4CCCCO4)(CC2)CO3)n[nH]1. The molecule has 1 unspecified atom stereocenters. The van der Waals surface area contributed by atoms with E-state index in [1.54, 1.807) is 0 Å². The molecule has 0 spiro atoms. The van der Waals surface area contributed by atoms with Gasteiger partial charge in [-0.2, -0.15) is 5.10 Å². The van der Waals surface area contributed by atoms with Gasteiger partial charge in [0.25, 0.3) is 0 Å². The second kappa shape index (κ2) is 6.16. The second-order valence-corrected chi connectivity index (χ2v) is 7.33. The Balaban J connectivity index is 1.37. The van der Waals surface area contributed by atoms with Gasteiger partial charge in [0.2, 0.25) is 0 Å². The zero-order valence-corrected chi connectivity index (χ0v) is 13.6. The smallest absolute Gasteiger partial charge is 0.157 e. The van der Waals surface area contributed by atoms with Gasteiger partial charge in [-0.25, -0.2) is 0 Å². The summed E-state index contributed by atoms with van der Waals surface area (Å²) in [6, 6.07) is 1.94. The first-order valence-electron chi connectivity index (χ1n) is 8.77. The lowest BCUT2D eigenvalue weighted by Gasteiger charge is -2.52. The Hall–Kier alpha value is -0.950. The lowest BCUT2D eigenvalue weighted by molar-refractivity contribution is -0.236. The monoisotopic (exact) mass is 322 g/mol. The number of aromatic nitrogens is 2. The van der Waals surface area contributed by atoms with Crippen LogP contribution in [0.2, 0.25) is 0 Å². The van der Waals surface area contributed by atoms with Crippen molar-refractivity contribution in [3.05, 3.63) is 17.5 Å². The van der Waals surface area contributed by atoms with Crippen molar-refractivity contribution in [1.29, 1.82) is 0 Å². The molecule has 1 saturated carbocycles. The summed E-state index contributed by atoms with van der Waals surface area (Å²) >= 11 is 0. The van der Waals surface area contributed by atoms with E-state index in [0.717, 1.165) is 69.7 Å². The zero-order valence-electron chi connectivity index (χ0n) is 13.6. The molecule has 4 fully saturated rings. The summed E-state index contributed by atoms with van der Waals surface area (Å²) in [7, 11) is 0. The number of hydrogen-bond acceptors (Lipinski definition) is 5. The first-order chi connectivity index (χ1) is 11.2. The number of ether oxygens (including phenoxy) is 3. The summed E-state index contributed by atoms with van der Waals surface area (Å²) in [5, 5.41) is 16.5. The van der Waals surface area contributed by atoms with Gasteiger partial charge in [-0.3, -0.25) is 5.10 Å². The van der Waals surface area contributed by atoms with Crippen molar-refractivity contribution in [2.75, 3.05) is 19.8 Å². The maximum atomic E-state index is 9.21. The summed E-state index contributed by atoms with van der Waals surface area (Å²) in [6.45, 7) is 2.27. The highest BCUT2D eigenvalue weighted by Gasteiger charge is 2.52. The van der Waals surface area contributed by atoms with Crippen LogP contribution >= 0.6 is 0 Å². The molecule has 0 aromatic carbocycles. The molecule has 2 bridgehead atoms. The minimum Gasteiger partial charge on any atom is -0.390 e. The van der Waals surface area contributed by atoms with E-state index in [2.05, 4.69) is 10.2 Å². The van der Waals surface area contributed by atoms with Gasteiger partial charge in [-0.1, -0.05) is 0 Å². The minimum absolute atomic E-state index is 0.0117. The molecule has 1 aliphatic carbocycles. The number of aliphatic hydroxyl groups is 1. The maximum absolute atomic E-state index is 9.21. The number of rotatable bonds is 5. The molecule has 1 aromatic rings. The van der Waals surface area contributed by atoms with Crippen LogP contribution in [0.5, 0.6) is 0 Å². The lowest BCUT2D eigenvalue weighted by atomic mass is 9.65. The number of H-pyrrole nitrogens is 1. The van der Waals surface area contributed by atoms with E-state index in [0.29, 0.717) is 0 Å². The molecule has 4 aliphatic rings. The third-order valence-electron chi connectivity index (χ3n) is 5.75. The fourth-order valence-electron chi connectivity index (χ4n) is 4.07. The Kier molecular flexibility index (Phi) is 4.17. The highest BCUT2D eigenvalue weighted by atomic mass is 16.7. The van der Waals surface area contributed by atoms with E-state index >= 15 is 0 Å². The Morgan fingerprint density at radius 2 is 2.17 bits per heavy atom. The van der Waals surface area contributed by atoms with Gasteiger partial charge in [-0.15, -0.1) is 0 Å². The van der Waals surface area contributed by atoms with E-state index in [1.165, 1.54) is 6.42 Å². The molecule has 4 heterocycles. The quantitative estimate of drug-likeness (QED) is 0.869. The van der Waals surface area contributed by atoms with E-state index < -0.39 is 0 Å². The van der Waals surface area contributed by atoms with E-state index in [9.17, 15) is 5.11 Å². The molecular formula is C17H26N2O4. The molecule has 6 nitrogen and oxygen atoms in total. The van der Waals surface area contributed by atoms with Crippen LogP contribution in [0.3, 0.4) is 0 Å². The van der Waals surface area contributed by atoms with Crippen molar-refractivity contribution in [2.24, 2.45) is 5.41 Å². The summed E-state index contributed by atoms with van der Waals surface area (Å²) in [5.74, 6) is 0. The Bertz CT molecular complexity index is 514. The summed E-state index contributed by atoms with van der Waals surface area (Å²) in [5.41, 5.74) is 1.55. The van der Waals surface area contributed by atoms with Gasteiger partial charge in [0.1, 0.15) is 5.60 Å². The average Bonchev–Trinajstić information content (AvgIpc) is 3.13.